The third kappa shape index (κ3) is 6.53. The van der Waals surface area contributed by atoms with E-state index in [1.165, 1.54) is 0 Å². The van der Waals surface area contributed by atoms with E-state index in [1.807, 2.05) is 25.1 Å². The fraction of sp³-hybridized carbons (Fsp3) is 0.320. The zero-order chi connectivity index (χ0) is 21.1. The summed E-state index contributed by atoms with van der Waals surface area (Å²) in [4.78, 5) is 12.5. The van der Waals surface area contributed by atoms with Crippen molar-refractivity contribution in [2.24, 2.45) is 0 Å². The maximum absolute atomic E-state index is 12.5. The van der Waals surface area contributed by atoms with Crippen LogP contribution in [0.25, 0.3) is 6.08 Å². The van der Waals surface area contributed by atoms with Gasteiger partial charge < -0.3 is 14.2 Å². The van der Waals surface area contributed by atoms with Gasteiger partial charge in [0, 0.05) is 11.1 Å². The van der Waals surface area contributed by atoms with Crippen LogP contribution in [0.15, 0.2) is 55.1 Å². The molecule has 4 nitrogen and oxygen atoms in total. The Morgan fingerprint density at radius 2 is 1.66 bits per heavy atom. The van der Waals surface area contributed by atoms with E-state index in [4.69, 9.17) is 14.2 Å². The van der Waals surface area contributed by atoms with Gasteiger partial charge in [-0.2, -0.15) is 0 Å². The molecule has 0 N–H and O–H groups in total. The van der Waals surface area contributed by atoms with Crippen molar-refractivity contribution >= 4 is 11.9 Å². The zero-order valence-electron chi connectivity index (χ0n) is 17.6. The second-order valence-corrected chi connectivity index (χ2v) is 6.63. The average Bonchev–Trinajstić information content (AvgIpc) is 2.75. The smallest absolute Gasteiger partial charge is 0.185 e. The molecule has 0 saturated carbocycles. The molecule has 2 rings (SSSR count). The number of ether oxygens (including phenoxy) is 3. The predicted octanol–water partition coefficient (Wildman–Crippen LogP) is 6.03. The molecule has 0 aliphatic heterocycles. The monoisotopic (exact) mass is 394 g/mol. The van der Waals surface area contributed by atoms with E-state index < -0.39 is 0 Å². The van der Waals surface area contributed by atoms with E-state index >= 15 is 0 Å². The largest absolute Gasteiger partial charge is 0.490 e. The lowest BCUT2D eigenvalue weighted by molar-refractivity contribution is 0.104. The molecule has 0 fully saturated rings. The fourth-order valence-electron chi connectivity index (χ4n) is 2.70. The zero-order valence-corrected chi connectivity index (χ0v) is 17.6. The van der Waals surface area contributed by atoms with Crippen LogP contribution in [0.5, 0.6) is 17.2 Å². The molecule has 0 bridgehead atoms. The van der Waals surface area contributed by atoms with E-state index in [-0.39, 0.29) is 5.78 Å². The number of carbonyl (C=O) groups is 1. The first-order chi connectivity index (χ1) is 14.1. The molecule has 2 aromatic rings. The first-order valence-electron chi connectivity index (χ1n) is 10.1. The molecule has 0 unspecified atom stereocenters. The van der Waals surface area contributed by atoms with Crippen LogP contribution in [0, 0.1) is 6.92 Å². The van der Waals surface area contributed by atoms with E-state index in [0.29, 0.717) is 31.1 Å². The number of ketones is 1. The van der Waals surface area contributed by atoms with Crippen molar-refractivity contribution in [3.8, 4) is 17.2 Å². The van der Waals surface area contributed by atoms with Crippen LogP contribution in [0.4, 0.5) is 0 Å². The molecule has 0 aromatic heterocycles. The van der Waals surface area contributed by atoms with Crippen molar-refractivity contribution in [1.29, 1.82) is 0 Å². The molecule has 0 heterocycles. The van der Waals surface area contributed by atoms with E-state index in [2.05, 4.69) is 20.4 Å². The van der Waals surface area contributed by atoms with Crippen molar-refractivity contribution in [3.63, 3.8) is 0 Å². The molecular formula is C25H30O4. The summed E-state index contributed by atoms with van der Waals surface area (Å²) < 4.78 is 17.2. The Morgan fingerprint density at radius 1 is 0.966 bits per heavy atom. The standard InChI is InChI=1S/C25H30O4/c1-5-16-27-22-12-8-21(9-13-22)23(26)14-10-20-11-15-24(28-17-6-2)25(19(20)4)29-18-7-3/h5,8-15H,1,6-7,16-18H2,2-4H3. The Bertz CT molecular complexity index is 835. The molecule has 2 aromatic carbocycles. The van der Waals surface area contributed by atoms with Gasteiger partial charge in [0.2, 0.25) is 0 Å². The highest BCUT2D eigenvalue weighted by atomic mass is 16.5. The molecule has 154 valence electrons. The van der Waals surface area contributed by atoms with Gasteiger partial charge in [0.25, 0.3) is 0 Å². The quantitative estimate of drug-likeness (QED) is 0.250. The minimum Gasteiger partial charge on any atom is -0.490 e. The Hall–Kier alpha value is -3.01. The minimum absolute atomic E-state index is 0.0676. The van der Waals surface area contributed by atoms with Crippen LogP contribution < -0.4 is 14.2 Å². The number of carbonyl (C=O) groups excluding carboxylic acids is 1. The van der Waals surface area contributed by atoms with Gasteiger partial charge in [-0.05, 0) is 61.7 Å². The fourth-order valence-corrected chi connectivity index (χ4v) is 2.70. The molecular weight excluding hydrogens is 364 g/mol. The summed E-state index contributed by atoms with van der Waals surface area (Å²) in [5.41, 5.74) is 2.50. The summed E-state index contributed by atoms with van der Waals surface area (Å²) >= 11 is 0. The summed E-state index contributed by atoms with van der Waals surface area (Å²) in [6, 6.07) is 10.9. The average molecular weight is 395 g/mol. The molecule has 0 spiro atoms. The van der Waals surface area contributed by atoms with Crippen molar-refractivity contribution in [2.45, 2.75) is 33.6 Å². The van der Waals surface area contributed by atoms with Crippen molar-refractivity contribution in [1.82, 2.24) is 0 Å². The lowest BCUT2D eigenvalue weighted by Crippen LogP contribution is -2.03. The molecule has 0 radical (unpaired) electrons. The Kier molecular flexibility index (Phi) is 9.03. The molecule has 0 amide bonds. The number of hydrogen-bond donors (Lipinski definition) is 0. The summed E-state index contributed by atoms with van der Waals surface area (Å²) in [7, 11) is 0. The van der Waals surface area contributed by atoms with Crippen LogP contribution in [0.2, 0.25) is 0 Å². The maximum atomic E-state index is 12.5. The van der Waals surface area contributed by atoms with Crippen LogP contribution >= 0.6 is 0 Å². The molecule has 4 heteroatoms. The number of benzene rings is 2. The SMILES string of the molecule is C=CCOc1ccc(C(=O)C=Cc2ccc(OCCC)c(OCCC)c2C)cc1. The molecule has 0 atom stereocenters. The van der Waals surface area contributed by atoms with Gasteiger partial charge in [-0.3, -0.25) is 4.79 Å². The third-order valence-corrected chi connectivity index (χ3v) is 4.24. The van der Waals surface area contributed by atoms with E-state index in [9.17, 15) is 4.79 Å². The van der Waals surface area contributed by atoms with Gasteiger partial charge in [0.1, 0.15) is 12.4 Å². The summed E-state index contributed by atoms with van der Waals surface area (Å²) in [6.45, 7) is 11.4. The summed E-state index contributed by atoms with van der Waals surface area (Å²) in [5, 5.41) is 0. The van der Waals surface area contributed by atoms with Gasteiger partial charge in [-0.15, -0.1) is 0 Å². The van der Waals surface area contributed by atoms with Crippen LogP contribution in [-0.4, -0.2) is 25.6 Å². The van der Waals surface area contributed by atoms with Gasteiger partial charge in [0.05, 0.1) is 13.2 Å². The molecule has 29 heavy (non-hydrogen) atoms. The lowest BCUT2D eigenvalue weighted by Gasteiger charge is -2.16. The number of allylic oxidation sites excluding steroid dienone is 1. The Labute approximate surface area is 173 Å². The highest BCUT2D eigenvalue weighted by Crippen LogP contribution is 2.34. The van der Waals surface area contributed by atoms with Crippen molar-refractivity contribution < 1.29 is 19.0 Å². The first kappa shape index (κ1) is 22.3. The second-order valence-electron chi connectivity index (χ2n) is 6.63. The van der Waals surface area contributed by atoms with E-state index in [0.717, 1.165) is 35.5 Å². The van der Waals surface area contributed by atoms with Gasteiger partial charge in [-0.1, -0.05) is 38.6 Å². The topological polar surface area (TPSA) is 44.8 Å². The predicted molar refractivity (Wildman–Crippen MR) is 118 cm³/mol. The number of rotatable bonds is 12. The summed E-state index contributed by atoms with van der Waals surface area (Å²) in [5.74, 6) is 2.14. The minimum atomic E-state index is -0.0676. The second kappa shape index (κ2) is 11.7. The Balaban J connectivity index is 2.17. The van der Waals surface area contributed by atoms with Gasteiger partial charge in [-0.25, -0.2) is 0 Å². The maximum Gasteiger partial charge on any atom is 0.185 e. The van der Waals surface area contributed by atoms with Crippen molar-refractivity contribution in [2.75, 3.05) is 19.8 Å². The lowest BCUT2D eigenvalue weighted by atomic mass is 10.0. The first-order valence-corrected chi connectivity index (χ1v) is 10.1. The van der Waals surface area contributed by atoms with Crippen LogP contribution in [0.1, 0.15) is 48.2 Å². The highest BCUT2D eigenvalue weighted by Gasteiger charge is 2.12. The molecule has 0 aliphatic carbocycles. The van der Waals surface area contributed by atoms with E-state index in [1.54, 1.807) is 36.4 Å². The normalized spacial score (nSPS) is 10.7. The molecule has 0 aliphatic rings. The molecule has 0 saturated heterocycles. The Morgan fingerprint density at radius 3 is 2.31 bits per heavy atom. The summed E-state index contributed by atoms with van der Waals surface area (Å²) in [6.07, 6.45) is 6.93. The van der Waals surface area contributed by atoms with Gasteiger partial charge in [0.15, 0.2) is 17.3 Å². The highest BCUT2D eigenvalue weighted by molar-refractivity contribution is 6.07. The van der Waals surface area contributed by atoms with Gasteiger partial charge >= 0.3 is 0 Å². The van der Waals surface area contributed by atoms with Crippen LogP contribution in [-0.2, 0) is 0 Å². The number of hydrogen-bond acceptors (Lipinski definition) is 4. The van der Waals surface area contributed by atoms with Crippen LogP contribution in [0.3, 0.4) is 0 Å². The third-order valence-electron chi connectivity index (χ3n) is 4.24. The van der Waals surface area contributed by atoms with Crippen molar-refractivity contribution in [3.05, 3.63) is 71.8 Å².